The third-order valence-corrected chi connectivity index (χ3v) is 9.60. The van der Waals surface area contributed by atoms with Crippen LogP contribution in [0.4, 0.5) is 23.7 Å². The lowest BCUT2D eigenvalue weighted by Crippen LogP contribution is -2.39. The highest BCUT2D eigenvalue weighted by molar-refractivity contribution is 8.14. The number of amidine groups is 1. The number of nitrogens with one attached hydrogen (secondary N) is 1. The van der Waals surface area contributed by atoms with Crippen molar-refractivity contribution in [2.75, 3.05) is 17.2 Å². The van der Waals surface area contributed by atoms with Gasteiger partial charge in [-0.15, -0.1) is 18.3 Å². The lowest BCUT2D eigenvalue weighted by Gasteiger charge is -2.32. The van der Waals surface area contributed by atoms with E-state index in [2.05, 4.69) is 69.0 Å². The first-order valence-electron chi connectivity index (χ1n) is 15.8. The Hall–Kier alpha value is -4.32. The third kappa shape index (κ3) is 7.81. The Kier molecular flexibility index (Phi) is 9.58. The van der Waals surface area contributed by atoms with Gasteiger partial charge < -0.3 is 15.0 Å². The van der Waals surface area contributed by atoms with Crippen molar-refractivity contribution in [1.29, 1.82) is 0 Å². The Labute approximate surface area is 276 Å². The molecular formula is C35H37F3N6O2S. The largest absolute Gasteiger partial charge is 0.573 e. The summed E-state index contributed by atoms with van der Waals surface area (Å²) in [5, 5.41) is 8.47. The van der Waals surface area contributed by atoms with Crippen molar-refractivity contribution in [2.45, 2.75) is 70.7 Å². The molecule has 8 nitrogen and oxygen atoms in total. The van der Waals surface area contributed by atoms with Gasteiger partial charge in [-0.25, -0.2) is 14.5 Å². The molecule has 0 bridgehead atoms. The molecule has 2 aliphatic rings. The van der Waals surface area contributed by atoms with Crippen LogP contribution in [0.1, 0.15) is 68.1 Å². The first kappa shape index (κ1) is 32.6. The van der Waals surface area contributed by atoms with Gasteiger partial charge >= 0.3 is 12.4 Å². The van der Waals surface area contributed by atoms with Gasteiger partial charge in [0.2, 0.25) is 0 Å². The number of anilines is 1. The SMILES string of the molecule is Cc1ccc(C(C)C)c(N2CCCSC2=NC(=O)NC2CCCC2c2ccc(-c3ncn(-c4ccc(OC(F)(F)F)cc4)n3)cc2)c1. The number of halogens is 3. The molecule has 246 valence electrons. The summed E-state index contributed by atoms with van der Waals surface area (Å²) in [5.74, 6) is 1.63. The van der Waals surface area contributed by atoms with Crippen LogP contribution in [0, 0.1) is 6.92 Å². The predicted octanol–water partition coefficient (Wildman–Crippen LogP) is 8.61. The van der Waals surface area contributed by atoms with Crippen molar-refractivity contribution in [2.24, 2.45) is 4.99 Å². The number of alkyl halides is 3. The van der Waals surface area contributed by atoms with Crippen molar-refractivity contribution in [3.8, 4) is 22.8 Å². The quantitative estimate of drug-likeness (QED) is 0.213. The van der Waals surface area contributed by atoms with Gasteiger partial charge in [-0.2, -0.15) is 4.99 Å². The molecule has 1 saturated carbocycles. The highest BCUT2D eigenvalue weighted by Crippen LogP contribution is 2.36. The number of amides is 2. The van der Waals surface area contributed by atoms with E-state index < -0.39 is 6.36 Å². The first-order valence-corrected chi connectivity index (χ1v) is 16.8. The van der Waals surface area contributed by atoms with Crippen LogP contribution in [0.15, 0.2) is 78.0 Å². The standard InChI is InChI=1S/C35H37F3N6O2S/c1-22(2)28-17-8-23(3)20-31(28)43-18-5-19-47-34(43)41-33(45)40-30-7-4-6-29(30)24-9-11-25(12-10-24)32-39-21-44(42-32)26-13-15-27(16-14-26)46-35(36,37)38/h8-17,20-22,29-30H,4-7,18-19H2,1-3H3,(H,40,45). The number of urea groups is 1. The lowest BCUT2D eigenvalue weighted by atomic mass is 9.93. The number of hydrogen-bond acceptors (Lipinski definition) is 5. The number of carbonyl (C=O) groups is 1. The van der Waals surface area contributed by atoms with Gasteiger partial charge in [0.15, 0.2) is 11.0 Å². The van der Waals surface area contributed by atoms with E-state index in [0.717, 1.165) is 60.0 Å². The third-order valence-electron chi connectivity index (χ3n) is 8.53. The minimum Gasteiger partial charge on any atom is -0.406 e. The molecule has 2 fully saturated rings. The van der Waals surface area contributed by atoms with Crippen LogP contribution in [-0.4, -0.2) is 50.7 Å². The van der Waals surface area contributed by atoms with E-state index in [9.17, 15) is 18.0 Å². The van der Waals surface area contributed by atoms with Crippen LogP contribution in [0.5, 0.6) is 5.75 Å². The number of rotatable bonds is 7. The zero-order chi connectivity index (χ0) is 33.1. The number of aryl methyl sites for hydroxylation is 1. The fourth-order valence-electron chi connectivity index (χ4n) is 6.26. The second-order valence-electron chi connectivity index (χ2n) is 12.2. The van der Waals surface area contributed by atoms with Crippen LogP contribution in [0.2, 0.25) is 0 Å². The van der Waals surface area contributed by atoms with Gasteiger partial charge in [0, 0.05) is 35.5 Å². The topological polar surface area (TPSA) is 84.6 Å². The average molecular weight is 663 g/mol. The molecule has 1 aromatic heterocycles. The van der Waals surface area contributed by atoms with Crippen LogP contribution < -0.4 is 15.0 Å². The molecule has 1 saturated heterocycles. The number of ether oxygens (including phenoxy) is 1. The normalized spacial score (nSPS) is 19.4. The molecule has 12 heteroatoms. The first-order chi connectivity index (χ1) is 22.5. The minimum atomic E-state index is -4.75. The van der Waals surface area contributed by atoms with E-state index in [-0.39, 0.29) is 23.7 Å². The van der Waals surface area contributed by atoms with E-state index in [1.807, 2.05) is 24.3 Å². The Balaban J connectivity index is 1.12. The van der Waals surface area contributed by atoms with E-state index in [1.165, 1.54) is 46.4 Å². The van der Waals surface area contributed by atoms with Crippen molar-refractivity contribution in [3.63, 3.8) is 0 Å². The highest BCUT2D eigenvalue weighted by atomic mass is 32.2. The molecule has 47 heavy (non-hydrogen) atoms. The van der Waals surface area contributed by atoms with E-state index >= 15 is 0 Å². The van der Waals surface area contributed by atoms with E-state index in [1.54, 1.807) is 11.8 Å². The highest BCUT2D eigenvalue weighted by Gasteiger charge is 2.32. The minimum absolute atomic E-state index is 0.0217. The number of aromatic nitrogens is 3. The summed E-state index contributed by atoms with van der Waals surface area (Å²) >= 11 is 1.63. The van der Waals surface area contributed by atoms with Crippen molar-refractivity contribution in [1.82, 2.24) is 20.1 Å². The molecule has 2 heterocycles. The van der Waals surface area contributed by atoms with Gasteiger partial charge in [0.1, 0.15) is 12.1 Å². The molecule has 1 aliphatic heterocycles. The summed E-state index contributed by atoms with van der Waals surface area (Å²) in [5.41, 5.74) is 6.05. The molecule has 6 rings (SSSR count). The molecule has 4 aromatic rings. The van der Waals surface area contributed by atoms with E-state index in [0.29, 0.717) is 17.4 Å². The predicted molar refractivity (Wildman–Crippen MR) is 180 cm³/mol. The number of hydrogen-bond donors (Lipinski definition) is 1. The molecule has 1 N–H and O–H groups in total. The fraction of sp³-hybridized carbons (Fsp3) is 0.371. The van der Waals surface area contributed by atoms with Crippen LogP contribution in [0.25, 0.3) is 17.1 Å². The van der Waals surface area contributed by atoms with E-state index in [4.69, 9.17) is 0 Å². The van der Waals surface area contributed by atoms with Crippen molar-refractivity contribution < 1.29 is 22.7 Å². The second-order valence-corrected chi connectivity index (χ2v) is 13.3. The van der Waals surface area contributed by atoms with Crippen molar-refractivity contribution in [3.05, 3.63) is 89.7 Å². The lowest BCUT2D eigenvalue weighted by molar-refractivity contribution is -0.274. The van der Waals surface area contributed by atoms with Crippen molar-refractivity contribution >= 4 is 28.6 Å². The van der Waals surface area contributed by atoms with Gasteiger partial charge in [0.05, 0.1) is 5.69 Å². The maximum absolute atomic E-state index is 13.3. The van der Waals surface area contributed by atoms with Crippen LogP contribution >= 0.6 is 11.8 Å². The molecule has 2 atom stereocenters. The Morgan fingerprint density at radius 1 is 1.04 bits per heavy atom. The number of benzene rings is 3. The summed E-state index contributed by atoms with van der Waals surface area (Å²) in [4.78, 5) is 24.5. The maximum Gasteiger partial charge on any atom is 0.573 e. The Morgan fingerprint density at radius 3 is 2.53 bits per heavy atom. The molecule has 0 spiro atoms. The summed E-state index contributed by atoms with van der Waals surface area (Å²) in [6, 6.07) is 19.6. The average Bonchev–Trinajstić information content (AvgIpc) is 3.71. The molecule has 3 aromatic carbocycles. The van der Waals surface area contributed by atoms with Gasteiger partial charge in [0.25, 0.3) is 0 Å². The van der Waals surface area contributed by atoms with Crippen LogP contribution in [0.3, 0.4) is 0 Å². The summed E-state index contributed by atoms with van der Waals surface area (Å²) in [6.07, 6.45) is 0.650. The van der Waals surface area contributed by atoms with Crippen LogP contribution in [-0.2, 0) is 0 Å². The zero-order valence-electron chi connectivity index (χ0n) is 26.5. The number of thioether (sulfide) groups is 1. The smallest absolute Gasteiger partial charge is 0.406 e. The molecule has 0 radical (unpaired) electrons. The molecular weight excluding hydrogens is 625 g/mol. The second kappa shape index (κ2) is 13.8. The van der Waals surface area contributed by atoms with Gasteiger partial charge in [-0.3, -0.25) is 0 Å². The number of nitrogens with zero attached hydrogens (tertiary/aromatic N) is 5. The molecule has 2 unspecified atom stereocenters. The Bertz CT molecular complexity index is 1740. The number of carbonyl (C=O) groups excluding carboxylic acids is 1. The maximum atomic E-state index is 13.3. The number of aliphatic imine (C=N–C) groups is 1. The van der Waals surface area contributed by atoms with Gasteiger partial charge in [-0.1, -0.05) is 68.4 Å². The molecule has 2 amide bonds. The Morgan fingerprint density at radius 2 is 1.81 bits per heavy atom. The van der Waals surface area contributed by atoms with Gasteiger partial charge in [-0.05, 0) is 79.1 Å². The summed E-state index contributed by atoms with van der Waals surface area (Å²) in [6.45, 7) is 7.30. The molecule has 1 aliphatic carbocycles. The summed E-state index contributed by atoms with van der Waals surface area (Å²) < 4.78 is 42.9. The summed E-state index contributed by atoms with van der Waals surface area (Å²) in [7, 11) is 0. The monoisotopic (exact) mass is 662 g/mol. The zero-order valence-corrected chi connectivity index (χ0v) is 27.3. The fourth-order valence-corrected chi connectivity index (χ4v) is 7.21.